The van der Waals surface area contributed by atoms with Crippen molar-refractivity contribution in [2.75, 3.05) is 11.9 Å². The van der Waals surface area contributed by atoms with E-state index in [1.165, 1.54) is 0 Å². The fraction of sp³-hybridized carbons (Fsp3) is 0.214. The van der Waals surface area contributed by atoms with Crippen molar-refractivity contribution in [2.24, 2.45) is 0 Å². The number of carbonyl (C=O) groups is 2. The summed E-state index contributed by atoms with van der Waals surface area (Å²) in [6.45, 7) is 3.29. The van der Waals surface area contributed by atoms with Gasteiger partial charge in [-0.25, -0.2) is 9.78 Å². The SMILES string of the molecule is Cc1ccc(C(=O)OCC(=O)Nc2ncc([N+](=O)[O-])s2)cc1C. The van der Waals surface area contributed by atoms with Crippen LogP contribution in [0.2, 0.25) is 0 Å². The molecule has 0 fully saturated rings. The molecule has 0 saturated carbocycles. The number of nitrogens with zero attached hydrogens (tertiary/aromatic N) is 2. The molecule has 1 amide bonds. The summed E-state index contributed by atoms with van der Waals surface area (Å²) >= 11 is 0.721. The van der Waals surface area contributed by atoms with Crippen LogP contribution in [0.5, 0.6) is 0 Å². The highest BCUT2D eigenvalue weighted by molar-refractivity contribution is 7.18. The smallest absolute Gasteiger partial charge is 0.345 e. The van der Waals surface area contributed by atoms with Crippen LogP contribution in [0.3, 0.4) is 0 Å². The number of hydrogen-bond acceptors (Lipinski definition) is 7. The molecule has 0 spiro atoms. The Morgan fingerprint density at radius 3 is 2.70 bits per heavy atom. The van der Waals surface area contributed by atoms with Crippen molar-refractivity contribution in [1.29, 1.82) is 0 Å². The van der Waals surface area contributed by atoms with Gasteiger partial charge in [-0.3, -0.25) is 20.2 Å². The molecule has 0 atom stereocenters. The lowest BCUT2D eigenvalue weighted by atomic mass is 10.1. The van der Waals surface area contributed by atoms with E-state index in [0.29, 0.717) is 5.56 Å². The fourth-order valence-electron chi connectivity index (χ4n) is 1.65. The molecule has 0 bridgehead atoms. The van der Waals surface area contributed by atoms with Crippen molar-refractivity contribution in [3.63, 3.8) is 0 Å². The number of ether oxygens (including phenoxy) is 1. The third kappa shape index (κ3) is 4.33. The second-order valence-electron chi connectivity index (χ2n) is 4.68. The molecule has 0 aliphatic heterocycles. The number of anilines is 1. The molecule has 0 unspecified atom stereocenters. The minimum Gasteiger partial charge on any atom is -0.452 e. The number of thiazole rings is 1. The van der Waals surface area contributed by atoms with Gasteiger partial charge in [-0.2, -0.15) is 0 Å². The number of esters is 1. The molecular weight excluding hydrogens is 322 g/mol. The minimum atomic E-state index is -0.619. The third-order valence-electron chi connectivity index (χ3n) is 3.00. The number of rotatable bonds is 5. The maximum Gasteiger partial charge on any atom is 0.345 e. The second-order valence-corrected chi connectivity index (χ2v) is 5.69. The van der Waals surface area contributed by atoms with Crippen molar-refractivity contribution in [2.45, 2.75) is 13.8 Å². The monoisotopic (exact) mass is 335 g/mol. The molecule has 0 aliphatic carbocycles. The molecule has 9 heteroatoms. The number of nitrogens with one attached hydrogen (secondary N) is 1. The maximum atomic E-state index is 11.9. The molecule has 0 radical (unpaired) electrons. The number of amides is 1. The van der Waals surface area contributed by atoms with E-state index in [1.54, 1.807) is 18.2 Å². The van der Waals surface area contributed by atoms with Gasteiger partial charge in [0, 0.05) is 0 Å². The summed E-state index contributed by atoms with van der Waals surface area (Å²) in [6, 6.07) is 5.09. The van der Waals surface area contributed by atoms with Gasteiger partial charge in [0.2, 0.25) is 0 Å². The fourth-order valence-corrected chi connectivity index (χ4v) is 2.29. The summed E-state index contributed by atoms with van der Waals surface area (Å²) in [5.74, 6) is -1.24. The Balaban J connectivity index is 1.89. The molecule has 0 saturated heterocycles. The molecule has 8 nitrogen and oxygen atoms in total. The average molecular weight is 335 g/mol. The van der Waals surface area contributed by atoms with Crippen molar-refractivity contribution < 1.29 is 19.2 Å². The lowest BCUT2D eigenvalue weighted by Gasteiger charge is -2.06. The van der Waals surface area contributed by atoms with E-state index in [0.717, 1.165) is 28.7 Å². The Morgan fingerprint density at radius 1 is 1.35 bits per heavy atom. The minimum absolute atomic E-state index is 0.0731. The van der Waals surface area contributed by atoms with E-state index in [-0.39, 0.29) is 10.1 Å². The number of aromatic nitrogens is 1. The quantitative estimate of drug-likeness (QED) is 0.510. The van der Waals surface area contributed by atoms with Gasteiger partial charge in [-0.15, -0.1) is 0 Å². The van der Waals surface area contributed by atoms with Crippen LogP contribution in [-0.2, 0) is 9.53 Å². The van der Waals surface area contributed by atoms with Gasteiger partial charge in [0.05, 0.1) is 10.5 Å². The Kier molecular flexibility index (Phi) is 5.02. The van der Waals surface area contributed by atoms with Gasteiger partial charge in [-0.1, -0.05) is 6.07 Å². The summed E-state index contributed by atoms with van der Waals surface area (Å²) in [5, 5.41) is 12.7. The Bertz CT molecular complexity index is 772. The summed E-state index contributed by atoms with van der Waals surface area (Å²) < 4.78 is 4.90. The first-order chi connectivity index (χ1) is 10.9. The predicted octanol–water partition coefficient (Wildman–Crippen LogP) is 2.46. The maximum absolute atomic E-state index is 11.9. The lowest BCUT2D eigenvalue weighted by molar-refractivity contribution is -0.380. The van der Waals surface area contributed by atoms with Crippen LogP contribution < -0.4 is 5.32 Å². The third-order valence-corrected chi connectivity index (χ3v) is 3.86. The van der Waals surface area contributed by atoms with Crippen molar-refractivity contribution in [3.05, 3.63) is 51.2 Å². The second kappa shape index (κ2) is 6.97. The molecule has 120 valence electrons. The average Bonchev–Trinajstić information content (AvgIpc) is 2.96. The zero-order valence-corrected chi connectivity index (χ0v) is 13.2. The van der Waals surface area contributed by atoms with Gasteiger partial charge < -0.3 is 4.74 Å². The standard InChI is InChI=1S/C14H13N3O5S/c1-8-3-4-10(5-9(8)2)13(19)22-7-11(18)16-14-15-6-12(23-14)17(20)21/h3-6H,7H2,1-2H3,(H,15,16,18). The van der Waals surface area contributed by atoms with E-state index in [4.69, 9.17) is 4.74 Å². The normalized spacial score (nSPS) is 10.2. The molecule has 1 aromatic carbocycles. The number of benzene rings is 1. The first-order valence-electron chi connectivity index (χ1n) is 6.51. The topological polar surface area (TPSA) is 111 Å². The number of aryl methyl sites for hydroxylation is 2. The van der Waals surface area contributed by atoms with Gasteiger partial charge in [0.15, 0.2) is 11.7 Å². The highest BCUT2D eigenvalue weighted by Crippen LogP contribution is 2.24. The van der Waals surface area contributed by atoms with Crippen LogP contribution in [0.15, 0.2) is 24.4 Å². The van der Waals surface area contributed by atoms with Gasteiger partial charge in [-0.05, 0) is 48.4 Å². The highest BCUT2D eigenvalue weighted by atomic mass is 32.1. The summed E-state index contributed by atoms with van der Waals surface area (Å²) in [4.78, 5) is 37.1. The van der Waals surface area contributed by atoms with E-state index in [9.17, 15) is 19.7 Å². The summed E-state index contributed by atoms with van der Waals surface area (Å²) in [7, 11) is 0. The van der Waals surface area contributed by atoms with Crippen molar-refractivity contribution in [1.82, 2.24) is 4.98 Å². The van der Waals surface area contributed by atoms with Crippen LogP contribution in [0.1, 0.15) is 21.5 Å². The largest absolute Gasteiger partial charge is 0.452 e. The molecule has 2 aromatic rings. The zero-order valence-electron chi connectivity index (χ0n) is 12.4. The van der Waals surface area contributed by atoms with Crippen LogP contribution >= 0.6 is 11.3 Å². The van der Waals surface area contributed by atoms with E-state index in [1.807, 2.05) is 13.8 Å². The molecule has 1 N–H and O–H groups in total. The van der Waals surface area contributed by atoms with Crippen LogP contribution in [0.4, 0.5) is 10.1 Å². The molecule has 1 heterocycles. The molecular formula is C14H13N3O5S. The Labute approximate surface area is 135 Å². The zero-order chi connectivity index (χ0) is 17.0. The molecule has 1 aromatic heterocycles. The van der Waals surface area contributed by atoms with Crippen LogP contribution in [0, 0.1) is 24.0 Å². The Hall–Kier alpha value is -2.81. The lowest BCUT2D eigenvalue weighted by Crippen LogP contribution is -2.20. The first-order valence-corrected chi connectivity index (χ1v) is 7.33. The number of nitro groups is 1. The highest BCUT2D eigenvalue weighted by Gasteiger charge is 2.15. The molecule has 2 rings (SSSR count). The number of hydrogen-bond donors (Lipinski definition) is 1. The first kappa shape index (κ1) is 16.6. The van der Waals surface area contributed by atoms with Gasteiger partial charge >= 0.3 is 11.0 Å². The van der Waals surface area contributed by atoms with Crippen LogP contribution in [-0.4, -0.2) is 28.4 Å². The van der Waals surface area contributed by atoms with Crippen molar-refractivity contribution in [3.8, 4) is 0 Å². The predicted molar refractivity (Wildman–Crippen MR) is 83.6 cm³/mol. The Morgan fingerprint density at radius 2 is 2.09 bits per heavy atom. The van der Waals surface area contributed by atoms with E-state index >= 15 is 0 Å². The van der Waals surface area contributed by atoms with E-state index in [2.05, 4.69) is 10.3 Å². The van der Waals surface area contributed by atoms with Gasteiger partial charge in [0.25, 0.3) is 5.91 Å². The van der Waals surface area contributed by atoms with Crippen molar-refractivity contribution >= 4 is 33.3 Å². The van der Waals surface area contributed by atoms with Gasteiger partial charge in [0.1, 0.15) is 6.20 Å². The van der Waals surface area contributed by atoms with Crippen LogP contribution in [0.25, 0.3) is 0 Å². The summed E-state index contributed by atoms with van der Waals surface area (Å²) in [6.07, 6.45) is 1.04. The summed E-state index contributed by atoms with van der Waals surface area (Å²) in [5.41, 5.74) is 2.34. The molecule has 0 aliphatic rings. The number of carbonyl (C=O) groups excluding carboxylic acids is 2. The molecule has 23 heavy (non-hydrogen) atoms. The van der Waals surface area contributed by atoms with E-state index < -0.39 is 23.4 Å².